The van der Waals surface area contributed by atoms with Crippen LogP contribution in [-0.2, 0) is 19.1 Å². The smallest absolute Gasteiger partial charge is 0.311 e. The quantitative estimate of drug-likeness (QED) is 0.761. The standard InChI is InChI=1S/C22H30N2O4/c1-14(2)18-10-6-7-15(3)21(18)23-19(25)13-28-22(27)16-11-20(26)24(12-16)17-8-4-5-9-17/h6-7,10,14,16-17H,4-5,8-9,11-13H2,1-3H3,(H,23,25)/t16-/m1/s1. The highest BCUT2D eigenvalue weighted by Gasteiger charge is 2.39. The second kappa shape index (κ2) is 8.76. The highest BCUT2D eigenvalue weighted by molar-refractivity contribution is 5.95. The minimum Gasteiger partial charge on any atom is -0.455 e. The first-order valence-electron chi connectivity index (χ1n) is 10.2. The largest absolute Gasteiger partial charge is 0.455 e. The van der Waals surface area contributed by atoms with Gasteiger partial charge in [0.25, 0.3) is 5.91 Å². The number of ether oxygens (including phenoxy) is 1. The maximum absolute atomic E-state index is 12.4. The molecule has 1 saturated carbocycles. The molecule has 28 heavy (non-hydrogen) atoms. The van der Waals surface area contributed by atoms with E-state index >= 15 is 0 Å². The monoisotopic (exact) mass is 386 g/mol. The average molecular weight is 386 g/mol. The summed E-state index contributed by atoms with van der Waals surface area (Å²) in [5.74, 6) is -0.992. The van der Waals surface area contributed by atoms with Gasteiger partial charge in [-0.2, -0.15) is 0 Å². The third-order valence-corrected chi connectivity index (χ3v) is 5.79. The number of likely N-dealkylation sites (tertiary alicyclic amines) is 1. The number of anilines is 1. The molecule has 0 unspecified atom stereocenters. The SMILES string of the molecule is Cc1cccc(C(C)C)c1NC(=O)COC(=O)[C@@H]1CC(=O)N(C2CCCC2)C1. The van der Waals surface area contributed by atoms with Crippen LogP contribution < -0.4 is 5.32 Å². The lowest BCUT2D eigenvalue weighted by atomic mass is 9.98. The summed E-state index contributed by atoms with van der Waals surface area (Å²) in [4.78, 5) is 38.8. The summed E-state index contributed by atoms with van der Waals surface area (Å²) < 4.78 is 5.23. The number of nitrogens with one attached hydrogen (secondary N) is 1. The summed E-state index contributed by atoms with van der Waals surface area (Å²) in [6.07, 6.45) is 4.50. The number of carbonyl (C=O) groups is 3. The van der Waals surface area contributed by atoms with E-state index in [9.17, 15) is 14.4 Å². The molecule has 3 rings (SSSR count). The van der Waals surface area contributed by atoms with E-state index in [1.54, 1.807) is 0 Å². The number of nitrogens with zero attached hydrogens (tertiary/aromatic N) is 1. The number of hydrogen-bond donors (Lipinski definition) is 1. The van der Waals surface area contributed by atoms with E-state index < -0.39 is 11.9 Å². The van der Waals surface area contributed by atoms with Crippen molar-refractivity contribution >= 4 is 23.5 Å². The second-order valence-electron chi connectivity index (χ2n) is 8.24. The van der Waals surface area contributed by atoms with Crippen LogP contribution in [0.3, 0.4) is 0 Å². The number of para-hydroxylation sites is 1. The zero-order valence-electron chi connectivity index (χ0n) is 17.0. The fourth-order valence-electron chi connectivity index (χ4n) is 4.23. The Balaban J connectivity index is 1.53. The van der Waals surface area contributed by atoms with E-state index in [1.165, 1.54) is 0 Å². The summed E-state index contributed by atoms with van der Waals surface area (Å²) in [5, 5.41) is 2.87. The Kier molecular flexibility index (Phi) is 6.37. The lowest BCUT2D eigenvalue weighted by molar-refractivity contribution is -0.151. The molecule has 1 aromatic carbocycles. The van der Waals surface area contributed by atoms with Crippen molar-refractivity contribution in [1.29, 1.82) is 0 Å². The summed E-state index contributed by atoms with van der Waals surface area (Å²) in [6.45, 7) is 6.16. The number of amides is 2. The Morgan fingerprint density at radius 2 is 1.96 bits per heavy atom. The van der Waals surface area contributed by atoms with Crippen molar-refractivity contribution < 1.29 is 19.1 Å². The van der Waals surface area contributed by atoms with Crippen LogP contribution in [0.5, 0.6) is 0 Å². The third kappa shape index (κ3) is 4.54. The van der Waals surface area contributed by atoms with E-state index in [0.717, 1.165) is 42.5 Å². The molecule has 0 aromatic heterocycles. The summed E-state index contributed by atoms with van der Waals surface area (Å²) in [5.41, 5.74) is 2.80. The van der Waals surface area contributed by atoms with Crippen LogP contribution in [0.2, 0.25) is 0 Å². The first-order chi connectivity index (χ1) is 13.4. The molecule has 2 aliphatic rings. The van der Waals surface area contributed by atoms with Gasteiger partial charge in [0.05, 0.1) is 5.92 Å². The number of carbonyl (C=O) groups excluding carboxylic acids is 3. The summed E-state index contributed by atoms with van der Waals surface area (Å²) in [6, 6.07) is 6.16. The summed E-state index contributed by atoms with van der Waals surface area (Å²) in [7, 11) is 0. The Morgan fingerprint density at radius 3 is 2.64 bits per heavy atom. The van der Waals surface area contributed by atoms with Gasteiger partial charge in [0.2, 0.25) is 5.91 Å². The van der Waals surface area contributed by atoms with Crippen LogP contribution in [0.15, 0.2) is 18.2 Å². The molecule has 1 aromatic rings. The van der Waals surface area contributed by atoms with Crippen LogP contribution in [-0.4, -0.2) is 41.9 Å². The topological polar surface area (TPSA) is 75.7 Å². The van der Waals surface area contributed by atoms with Crippen LogP contribution >= 0.6 is 0 Å². The molecule has 0 spiro atoms. The van der Waals surface area contributed by atoms with Gasteiger partial charge in [0, 0.05) is 24.7 Å². The van der Waals surface area contributed by atoms with Gasteiger partial charge in [-0.15, -0.1) is 0 Å². The number of rotatable bonds is 6. The van der Waals surface area contributed by atoms with Gasteiger partial charge in [-0.1, -0.05) is 44.9 Å². The molecule has 152 valence electrons. The van der Waals surface area contributed by atoms with E-state index in [-0.39, 0.29) is 36.8 Å². The molecule has 1 aliphatic heterocycles. The van der Waals surface area contributed by atoms with Crippen molar-refractivity contribution in [3.8, 4) is 0 Å². The Hall–Kier alpha value is -2.37. The Morgan fingerprint density at radius 1 is 1.25 bits per heavy atom. The van der Waals surface area contributed by atoms with Crippen LogP contribution in [0.1, 0.15) is 63.0 Å². The first kappa shape index (κ1) is 20.4. The third-order valence-electron chi connectivity index (χ3n) is 5.79. The van der Waals surface area contributed by atoms with E-state index in [0.29, 0.717) is 6.54 Å². The van der Waals surface area contributed by atoms with Crippen LogP contribution in [0.25, 0.3) is 0 Å². The normalized spacial score (nSPS) is 20.1. The van der Waals surface area contributed by atoms with Crippen molar-refractivity contribution in [3.63, 3.8) is 0 Å². The zero-order chi connectivity index (χ0) is 20.3. The average Bonchev–Trinajstić information content (AvgIpc) is 3.30. The van der Waals surface area contributed by atoms with Gasteiger partial charge in [-0.25, -0.2) is 0 Å². The lowest BCUT2D eigenvalue weighted by Crippen LogP contribution is -2.35. The number of esters is 1. The van der Waals surface area contributed by atoms with Crippen molar-refractivity contribution in [2.45, 2.75) is 64.8 Å². The minimum atomic E-state index is -0.467. The molecule has 6 nitrogen and oxygen atoms in total. The molecular formula is C22H30N2O4. The Labute approximate surface area is 166 Å². The van der Waals surface area contributed by atoms with Crippen molar-refractivity contribution in [1.82, 2.24) is 4.90 Å². The van der Waals surface area contributed by atoms with E-state index in [1.807, 2.05) is 30.0 Å². The fourth-order valence-corrected chi connectivity index (χ4v) is 4.23. The molecule has 1 atom stereocenters. The highest BCUT2D eigenvalue weighted by Crippen LogP contribution is 2.30. The van der Waals surface area contributed by atoms with Crippen LogP contribution in [0, 0.1) is 12.8 Å². The van der Waals surface area contributed by atoms with Crippen molar-refractivity contribution in [3.05, 3.63) is 29.3 Å². The molecular weight excluding hydrogens is 356 g/mol. The predicted octanol–water partition coefficient (Wildman–Crippen LogP) is 3.39. The molecule has 6 heteroatoms. The van der Waals surface area contributed by atoms with E-state index in [4.69, 9.17) is 4.74 Å². The zero-order valence-corrected chi connectivity index (χ0v) is 17.0. The number of benzene rings is 1. The van der Waals surface area contributed by atoms with Crippen molar-refractivity contribution in [2.75, 3.05) is 18.5 Å². The molecule has 1 heterocycles. The minimum absolute atomic E-state index is 0.0276. The van der Waals surface area contributed by atoms with Crippen molar-refractivity contribution in [2.24, 2.45) is 5.92 Å². The van der Waals surface area contributed by atoms with Crippen LogP contribution in [0.4, 0.5) is 5.69 Å². The molecule has 1 saturated heterocycles. The fraction of sp³-hybridized carbons (Fsp3) is 0.591. The van der Waals surface area contributed by atoms with Gasteiger partial charge >= 0.3 is 5.97 Å². The molecule has 2 amide bonds. The molecule has 1 N–H and O–H groups in total. The maximum atomic E-state index is 12.4. The number of hydrogen-bond acceptors (Lipinski definition) is 4. The van der Waals surface area contributed by atoms with Gasteiger partial charge in [-0.05, 0) is 36.8 Å². The maximum Gasteiger partial charge on any atom is 0.311 e. The highest BCUT2D eigenvalue weighted by atomic mass is 16.5. The molecule has 2 fully saturated rings. The van der Waals surface area contributed by atoms with Gasteiger partial charge in [-0.3, -0.25) is 14.4 Å². The van der Waals surface area contributed by atoms with Gasteiger partial charge < -0.3 is 15.0 Å². The van der Waals surface area contributed by atoms with Gasteiger partial charge in [0.1, 0.15) is 0 Å². The van der Waals surface area contributed by atoms with E-state index in [2.05, 4.69) is 19.2 Å². The predicted molar refractivity (Wildman–Crippen MR) is 107 cm³/mol. The summed E-state index contributed by atoms with van der Waals surface area (Å²) >= 11 is 0. The van der Waals surface area contributed by atoms with Gasteiger partial charge in [0.15, 0.2) is 6.61 Å². The lowest BCUT2D eigenvalue weighted by Gasteiger charge is -2.23. The first-order valence-corrected chi connectivity index (χ1v) is 10.2. The number of aryl methyl sites for hydroxylation is 1. The molecule has 0 radical (unpaired) electrons. The molecule has 1 aliphatic carbocycles. The molecule has 0 bridgehead atoms. The second-order valence-corrected chi connectivity index (χ2v) is 8.24. The Bertz CT molecular complexity index is 753.